The van der Waals surface area contributed by atoms with Crippen LogP contribution in [0.3, 0.4) is 0 Å². The average Bonchev–Trinajstić information content (AvgIpc) is 2.61. The summed E-state index contributed by atoms with van der Waals surface area (Å²) in [5, 5.41) is 2.91. The monoisotopic (exact) mass is 250 g/mol. The SMILES string of the molecule is CCOC(=O)c1c(S)c(N=O)c2ccccn12. The van der Waals surface area contributed by atoms with Crippen molar-refractivity contribution in [2.24, 2.45) is 5.18 Å². The Balaban J connectivity index is 2.74. The summed E-state index contributed by atoms with van der Waals surface area (Å²) in [5.41, 5.74) is 0.910. The van der Waals surface area contributed by atoms with Crippen molar-refractivity contribution in [3.8, 4) is 0 Å². The van der Waals surface area contributed by atoms with Gasteiger partial charge in [-0.2, -0.15) is 0 Å². The van der Waals surface area contributed by atoms with Gasteiger partial charge >= 0.3 is 5.97 Å². The molecule has 0 unspecified atom stereocenters. The van der Waals surface area contributed by atoms with Crippen LogP contribution in [0, 0.1) is 4.91 Å². The van der Waals surface area contributed by atoms with E-state index in [-0.39, 0.29) is 22.9 Å². The first-order valence-corrected chi connectivity index (χ1v) is 5.48. The van der Waals surface area contributed by atoms with E-state index in [0.717, 1.165) is 0 Å². The van der Waals surface area contributed by atoms with Crippen molar-refractivity contribution in [1.82, 2.24) is 4.40 Å². The number of carbonyl (C=O) groups excluding carboxylic acids is 1. The van der Waals surface area contributed by atoms with E-state index in [4.69, 9.17) is 4.74 Å². The number of pyridine rings is 1. The fourth-order valence-electron chi connectivity index (χ4n) is 1.66. The highest BCUT2D eigenvalue weighted by atomic mass is 32.1. The van der Waals surface area contributed by atoms with E-state index < -0.39 is 5.97 Å². The molecule has 0 spiro atoms. The number of thiol groups is 1. The molecule has 0 fully saturated rings. The summed E-state index contributed by atoms with van der Waals surface area (Å²) >= 11 is 4.17. The first-order chi connectivity index (χ1) is 8.20. The van der Waals surface area contributed by atoms with Gasteiger partial charge in [0.15, 0.2) is 0 Å². The molecule has 0 aliphatic carbocycles. The quantitative estimate of drug-likeness (QED) is 0.517. The maximum absolute atomic E-state index is 11.8. The third-order valence-corrected chi connectivity index (χ3v) is 2.78. The molecule has 0 saturated carbocycles. The highest BCUT2D eigenvalue weighted by Crippen LogP contribution is 2.34. The van der Waals surface area contributed by atoms with Crippen LogP contribution in [-0.4, -0.2) is 17.0 Å². The zero-order valence-corrected chi connectivity index (χ0v) is 9.98. The minimum Gasteiger partial charge on any atom is -0.461 e. The topological polar surface area (TPSA) is 60.1 Å². The summed E-state index contributed by atoms with van der Waals surface area (Å²) in [6, 6.07) is 5.20. The van der Waals surface area contributed by atoms with Crippen molar-refractivity contribution >= 4 is 29.8 Å². The fourth-order valence-corrected chi connectivity index (χ4v) is 2.02. The molecule has 0 saturated heterocycles. The molecule has 0 aromatic carbocycles. The highest BCUT2D eigenvalue weighted by Gasteiger charge is 2.22. The molecule has 0 radical (unpaired) electrons. The summed E-state index contributed by atoms with van der Waals surface area (Å²) in [4.78, 5) is 22.8. The lowest BCUT2D eigenvalue weighted by Gasteiger charge is -2.02. The van der Waals surface area contributed by atoms with Crippen LogP contribution in [0.2, 0.25) is 0 Å². The summed E-state index contributed by atoms with van der Waals surface area (Å²) in [6.07, 6.45) is 1.66. The number of rotatable bonds is 3. The molecule has 0 N–H and O–H groups in total. The van der Waals surface area contributed by atoms with Gasteiger partial charge in [0.1, 0.15) is 11.4 Å². The van der Waals surface area contributed by atoms with Gasteiger partial charge in [-0.3, -0.25) is 0 Å². The van der Waals surface area contributed by atoms with Gasteiger partial charge in [-0.1, -0.05) is 6.07 Å². The Morgan fingerprint density at radius 3 is 2.94 bits per heavy atom. The lowest BCUT2D eigenvalue weighted by atomic mass is 10.3. The van der Waals surface area contributed by atoms with Crippen LogP contribution in [0.4, 0.5) is 5.69 Å². The Morgan fingerprint density at radius 2 is 2.29 bits per heavy atom. The summed E-state index contributed by atoms with van der Waals surface area (Å²) < 4.78 is 6.47. The number of esters is 1. The maximum atomic E-state index is 11.8. The van der Waals surface area contributed by atoms with Gasteiger partial charge in [0.2, 0.25) is 0 Å². The van der Waals surface area contributed by atoms with Crippen LogP contribution in [0.5, 0.6) is 0 Å². The molecular formula is C11H10N2O3S. The van der Waals surface area contributed by atoms with Crippen molar-refractivity contribution < 1.29 is 9.53 Å². The Hall–Kier alpha value is -1.82. The Bertz CT molecular complexity index is 592. The first-order valence-electron chi connectivity index (χ1n) is 5.03. The number of ether oxygens (including phenoxy) is 1. The van der Waals surface area contributed by atoms with Crippen molar-refractivity contribution in [2.75, 3.05) is 6.61 Å². The standard InChI is InChI=1S/C11H10N2O3S/c1-2-16-11(14)9-10(17)8(12-15)7-5-3-4-6-13(7)9/h3-6,17H,2H2,1H3. The molecule has 0 bridgehead atoms. The zero-order chi connectivity index (χ0) is 12.4. The highest BCUT2D eigenvalue weighted by molar-refractivity contribution is 7.80. The normalized spacial score (nSPS) is 10.5. The minimum absolute atomic E-state index is 0.150. The minimum atomic E-state index is -0.520. The molecule has 2 aromatic rings. The van der Waals surface area contributed by atoms with E-state index in [2.05, 4.69) is 17.8 Å². The van der Waals surface area contributed by atoms with Crippen LogP contribution in [0.25, 0.3) is 5.52 Å². The molecule has 0 atom stereocenters. The molecule has 2 heterocycles. The zero-order valence-electron chi connectivity index (χ0n) is 9.08. The van der Waals surface area contributed by atoms with Gasteiger partial charge in [0, 0.05) is 6.20 Å². The Morgan fingerprint density at radius 1 is 1.53 bits per heavy atom. The van der Waals surface area contributed by atoms with Gasteiger partial charge in [-0.25, -0.2) is 4.79 Å². The maximum Gasteiger partial charge on any atom is 0.356 e. The van der Waals surface area contributed by atoms with Crippen LogP contribution >= 0.6 is 12.6 Å². The molecule has 2 aromatic heterocycles. The third-order valence-electron chi connectivity index (χ3n) is 2.35. The van der Waals surface area contributed by atoms with E-state index >= 15 is 0 Å². The number of aromatic nitrogens is 1. The van der Waals surface area contributed by atoms with E-state index in [1.54, 1.807) is 35.7 Å². The number of fused-ring (bicyclic) bond motifs is 1. The van der Waals surface area contributed by atoms with Crippen LogP contribution in [0.1, 0.15) is 17.4 Å². The third kappa shape index (κ3) is 1.80. The number of nitroso groups, excluding NO2 is 1. The molecule has 88 valence electrons. The largest absolute Gasteiger partial charge is 0.461 e. The number of hydrogen-bond acceptors (Lipinski definition) is 5. The smallest absolute Gasteiger partial charge is 0.356 e. The number of carbonyl (C=O) groups is 1. The number of nitrogens with zero attached hydrogens (tertiary/aromatic N) is 2. The predicted molar refractivity (Wildman–Crippen MR) is 66.1 cm³/mol. The Labute approximate surface area is 103 Å². The van der Waals surface area contributed by atoms with Crippen LogP contribution in [-0.2, 0) is 4.74 Å². The van der Waals surface area contributed by atoms with E-state index in [0.29, 0.717) is 5.52 Å². The van der Waals surface area contributed by atoms with Crippen LogP contribution < -0.4 is 0 Å². The second-order valence-electron chi connectivity index (χ2n) is 3.31. The molecule has 0 aliphatic heterocycles. The van der Waals surface area contributed by atoms with Gasteiger partial charge in [-0.15, -0.1) is 17.5 Å². The van der Waals surface area contributed by atoms with Gasteiger partial charge in [0.25, 0.3) is 0 Å². The second kappa shape index (κ2) is 4.58. The summed E-state index contributed by atoms with van der Waals surface area (Å²) in [7, 11) is 0. The molecule has 5 nitrogen and oxygen atoms in total. The summed E-state index contributed by atoms with van der Waals surface area (Å²) in [6.45, 7) is 1.97. The van der Waals surface area contributed by atoms with E-state index in [9.17, 15) is 9.70 Å². The Kier molecular flexibility index (Phi) is 3.14. The second-order valence-corrected chi connectivity index (χ2v) is 3.76. The van der Waals surface area contributed by atoms with E-state index in [1.165, 1.54) is 0 Å². The van der Waals surface area contributed by atoms with Gasteiger partial charge in [-0.05, 0) is 24.2 Å². The predicted octanol–water partition coefficient (Wildman–Crippen LogP) is 2.80. The van der Waals surface area contributed by atoms with Crippen molar-refractivity contribution in [2.45, 2.75) is 11.8 Å². The molecule has 2 rings (SSSR count). The van der Waals surface area contributed by atoms with Crippen molar-refractivity contribution in [1.29, 1.82) is 0 Å². The average molecular weight is 250 g/mol. The fraction of sp³-hybridized carbons (Fsp3) is 0.182. The van der Waals surface area contributed by atoms with Crippen LogP contribution in [0.15, 0.2) is 34.5 Å². The molecule has 0 aliphatic rings. The van der Waals surface area contributed by atoms with Crippen molar-refractivity contribution in [3.63, 3.8) is 0 Å². The number of hydrogen-bond donors (Lipinski definition) is 1. The molecule has 6 heteroatoms. The van der Waals surface area contributed by atoms with E-state index in [1.807, 2.05) is 0 Å². The first kappa shape index (κ1) is 11.7. The molecule has 17 heavy (non-hydrogen) atoms. The van der Waals surface area contributed by atoms with Gasteiger partial charge in [0.05, 0.1) is 17.0 Å². The molecule has 0 amide bonds. The lowest BCUT2D eigenvalue weighted by Crippen LogP contribution is -2.08. The molecular weight excluding hydrogens is 240 g/mol. The van der Waals surface area contributed by atoms with Crippen molar-refractivity contribution in [3.05, 3.63) is 35.0 Å². The van der Waals surface area contributed by atoms with Gasteiger partial charge < -0.3 is 9.14 Å². The lowest BCUT2D eigenvalue weighted by molar-refractivity contribution is 0.0514. The summed E-state index contributed by atoms with van der Waals surface area (Å²) in [5.74, 6) is -0.520.